The van der Waals surface area contributed by atoms with Crippen molar-refractivity contribution in [2.24, 2.45) is 0 Å². The number of benzene rings is 1. The molecule has 0 fully saturated rings. The first-order valence-corrected chi connectivity index (χ1v) is 5.60. The minimum absolute atomic E-state index is 0.0801. The third-order valence-corrected chi connectivity index (χ3v) is 2.80. The molecule has 0 saturated heterocycles. The van der Waals surface area contributed by atoms with E-state index in [-0.39, 0.29) is 10.8 Å². The first kappa shape index (κ1) is 12.5. The van der Waals surface area contributed by atoms with E-state index in [1.807, 2.05) is 0 Å². The zero-order chi connectivity index (χ0) is 13.3. The minimum Gasteiger partial charge on any atom is -0.258 e. The fourth-order valence-electron chi connectivity index (χ4n) is 1.60. The molecular weight excluding hydrogens is 261 g/mol. The molecule has 0 atom stereocenters. The first-order valence-electron chi connectivity index (χ1n) is 5.22. The van der Waals surface area contributed by atoms with Crippen LogP contribution in [0.2, 0.25) is 5.15 Å². The van der Waals surface area contributed by atoms with E-state index in [1.165, 1.54) is 28.9 Å². The van der Waals surface area contributed by atoms with Crippen molar-refractivity contribution in [1.82, 2.24) is 9.78 Å². The molecule has 2 aromatic rings. The van der Waals surface area contributed by atoms with Gasteiger partial charge in [-0.15, -0.1) is 0 Å². The lowest BCUT2D eigenvalue weighted by Gasteiger charge is -2.01. The van der Waals surface area contributed by atoms with Gasteiger partial charge in [0.05, 0.1) is 10.6 Å². The smallest absolute Gasteiger partial charge is 0.258 e. The monoisotopic (exact) mass is 269 g/mol. The molecule has 1 heterocycles. The van der Waals surface area contributed by atoms with Crippen molar-refractivity contribution in [2.45, 2.75) is 13.3 Å². The van der Waals surface area contributed by atoms with Crippen molar-refractivity contribution >= 4 is 17.3 Å². The predicted octanol–water partition coefficient (Wildman–Crippen LogP) is 3.14. The summed E-state index contributed by atoms with van der Waals surface area (Å²) in [6, 6.07) is 5.39. The number of aromatic nitrogens is 2. The second kappa shape index (κ2) is 4.73. The number of halogens is 2. The molecule has 94 valence electrons. The van der Waals surface area contributed by atoms with Crippen LogP contribution in [0, 0.1) is 15.9 Å². The second-order valence-corrected chi connectivity index (χ2v) is 3.94. The quantitative estimate of drug-likeness (QED) is 0.635. The van der Waals surface area contributed by atoms with E-state index in [0.29, 0.717) is 17.8 Å². The van der Waals surface area contributed by atoms with Crippen LogP contribution in [0.3, 0.4) is 0 Å². The van der Waals surface area contributed by atoms with Gasteiger partial charge in [0, 0.05) is 0 Å². The van der Waals surface area contributed by atoms with Gasteiger partial charge in [0.2, 0.25) is 5.15 Å². The van der Waals surface area contributed by atoms with Crippen LogP contribution in [0.5, 0.6) is 0 Å². The summed E-state index contributed by atoms with van der Waals surface area (Å²) >= 11 is 5.94. The Morgan fingerprint density at radius 3 is 2.50 bits per heavy atom. The zero-order valence-electron chi connectivity index (χ0n) is 9.43. The maximum atomic E-state index is 12.8. The molecule has 0 aliphatic rings. The molecular formula is C11H9ClFN3O2. The predicted molar refractivity (Wildman–Crippen MR) is 64.6 cm³/mol. The van der Waals surface area contributed by atoms with Crippen LogP contribution < -0.4 is 0 Å². The standard InChI is InChI=1S/C11H9ClFN3O2/c1-2-9-10(16(17)18)11(12)15(14-9)8-5-3-7(13)4-6-8/h3-6H,2H2,1H3. The molecule has 0 amide bonds. The Morgan fingerprint density at radius 1 is 1.44 bits per heavy atom. The van der Waals surface area contributed by atoms with E-state index >= 15 is 0 Å². The highest BCUT2D eigenvalue weighted by Crippen LogP contribution is 2.30. The summed E-state index contributed by atoms with van der Waals surface area (Å²) in [6.07, 6.45) is 0.393. The second-order valence-electron chi connectivity index (χ2n) is 3.58. The average molecular weight is 270 g/mol. The molecule has 0 saturated carbocycles. The molecule has 7 heteroatoms. The third-order valence-electron chi connectivity index (χ3n) is 2.46. The average Bonchev–Trinajstić information content (AvgIpc) is 2.67. The highest BCUT2D eigenvalue weighted by molar-refractivity contribution is 6.32. The summed E-state index contributed by atoms with van der Waals surface area (Å²) in [7, 11) is 0. The summed E-state index contributed by atoms with van der Waals surface area (Å²) < 4.78 is 14.0. The lowest BCUT2D eigenvalue weighted by atomic mass is 10.3. The van der Waals surface area contributed by atoms with Gasteiger partial charge in [-0.25, -0.2) is 9.07 Å². The molecule has 0 spiro atoms. The van der Waals surface area contributed by atoms with E-state index in [2.05, 4.69) is 5.10 Å². The van der Waals surface area contributed by atoms with Crippen LogP contribution >= 0.6 is 11.6 Å². The van der Waals surface area contributed by atoms with Crippen LogP contribution in [-0.4, -0.2) is 14.7 Å². The molecule has 0 unspecified atom stereocenters. The van der Waals surface area contributed by atoms with Gasteiger partial charge < -0.3 is 0 Å². The fourth-order valence-corrected chi connectivity index (χ4v) is 1.92. The van der Waals surface area contributed by atoms with Crippen molar-refractivity contribution < 1.29 is 9.31 Å². The lowest BCUT2D eigenvalue weighted by molar-refractivity contribution is -0.385. The van der Waals surface area contributed by atoms with Gasteiger partial charge in [-0.05, 0) is 30.7 Å². The number of rotatable bonds is 3. The number of hydrogen-bond donors (Lipinski definition) is 0. The number of nitro groups is 1. The Morgan fingerprint density at radius 2 is 2.06 bits per heavy atom. The van der Waals surface area contributed by atoms with Crippen LogP contribution in [0.15, 0.2) is 24.3 Å². The van der Waals surface area contributed by atoms with Gasteiger partial charge in [-0.1, -0.05) is 18.5 Å². The highest BCUT2D eigenvalue weighted by Gasteiger charge is 2.25. The summed E-state index contributed by atoms with van der Waals surface area (Å²) in [4.78, 5) is 10.3. The van der Waals surface area contributed by atoms with Crippen molar-refractivity contribution in [2.75, 3.05) is 0 Å². The Bertz CT molecular complexity index is 595. The van der Waals surface area contributed by atoms with Crippen molar-refractivity contribution in [1.29, 1.82) is 0 Å². The molecule has 2 rings (SSSR count). The summed E-state index contributed by atoms with van der Waals surface area (Å²) in [5, 5.41) is 14.9. The van der Waals surface area contributed by atoms with Gasteiger partial charge in [-0.2, -0.15) is 5.10 Å². The molecule has 1 aromatic carbocycles. The van der Waals surface area contributed by atoms with Crippen molar-refractivity contribution in [3.8, 4) is 5.69 Å². The van der Waals surface area contributed by atoms with Gasteiger partial charge in [-0.3, -0.25) is 10.1 Å². The van der Waals surface area contributed by atoms with Crippen LogP contribution in [-0.2, 0) is 6.42 Å². The van der Waals surface area contributed by atoms with E-state index in [0.717, 1.165) is 0 Å². The largest absolute Gasteiger partial charge is 0.329 e. The van der Waals surface area contributed by atoms with E-state index < -0.39 is 10.7 Å². The fraction of sp³-hybridized carbons (Fsp3) is 0.182. The Labute approximate surface area is 107 Å². The molecule has 18 heavy (non-hydrogen) atoms. The normalized spacial score (nSPS) is 10.6. The molecule has 0 aliphatic heterocycles. The molecule has 1 aromatic heterocycles. The molecule has 5 nitrogen and oxygen atoms in total. The Balaban J connectivity index is 2.59. The summed E-state index contributed by atoms with van der Waals surface area (Å²) in [5.74, 6) is -0.396. The first-order chi connectivity index (χ1) is 8.54. The zero-order valence-corrected chi connectivity index (χ0v) is 10.2. The molecule has 0 bridgehead atoms. The van der Waals surface area contributed by atoms with E-state index in [9.17, 15) is 14.5 Å². The number of aryl methyl sites for hydroxylation is 1. The van der Waals surface area contributed by atoms with E-state index in [1.54, 1.807) is 6.92 Å². The number of nitrogens with zero attached hydrogens (tertiary/aromatic N) is 3. The maximum absolute atomic E-state index is 12.8. The van der Waals surface area contributed by atoms with Crippen LogP contribution in [0.4, 0.5) is 10.1 Å². The van der Waals surface area contributed by atoms with Crippen LogP contribution in [0.25, 0.3) is 5.69 Å². The SMILES string of the molecule is CCc1nn(-c2ccc(F)cc2)c(Cl)c1[N+](=O)[O-]. The molecule has 0 N–H and O–H groups in total. The molecule has 0 radical (unpaired) electrons. The maximum Gasteiger partial charge on any atom is 0.329 e. The van der Waals surface area contributed by atoms with Gasteiger partial charge in [0.1, 0.15) is 11.5 Å². The van der Waals surface area contributed by atoms with Gasteiger partial charge >= 0.3 is 5.69 Å². The third kappa shape index (κ3) is 2.06. The molecule has 0 aliphatic carbocycles. The van der Waals surface area contributed by atoms with Crippen molar-refractivity contribution in [3.05, 3.63) is 51.0 Å². The summed E-state index contributed by atoms with van der Waals surface area (Å²) in [5.41, 5.74) is 0.571. The summed E-state index contributed by atoms with van der Waals surface area (Å²) in [6.45, 7) is 1.75. The Kier molecular flexibility index (Phi) is 3.29. The van der Waals surface area contributed by atoms with Crippen molar-refractivity contribution in [3.63, 3.8) is 0 Å². The lowest BCUT2D eigenvalue weighted by Crippen LogP contribution is -1.97. The van der Waals surface area contributed by atoms with Gasteiger partial charge in [0.15, 0.2) is 0 Å². The number of hydrogen-bond acceptors (Lipinski definition) is 3. The van der Waals surface area contributed by atoms with Gasteiger partial charge in [0.25, 0.3) is 0 Å². The highest BCUT2D eigenvalue weighted by atomic mass is 35.5. The topological polar surface area (TPSA) is 61.0 Å². The minimum atomic E-state index is -0.561. The van der Waals surface area contributed by atoms with Crippen LogP contribution in [0.1, 0.15) is 12.6 Å². The van der Waals surface area contributed by atoms with E-state index in [4.69, 9.17) is 11.6 Å². The Hall–Kier alpha value is -1.95.